The topological polar surface area (TPSA) is 101 Å². The van der Waals surface area contributed by atoms with Crippen molar-refractivity contribution in [2.45, 2.75) is 31.7 Å². The molecule has 0 bridgehead atoms. The molecule has 45 heavy (non-hydrogen) atoms. The van der Waals surface area contributed by atoms with E-state index < -0.39 is 0 Å². The largest absolute Gasteiger partial charge is 0.370 e. The third-order valence-corrected chi connectivity index (χ3v) is 9.90. The highest BCUT2D eigenvalue weighted by atomic mass is 16.1. The van der Waals surface area contributed by atoms with Crippen LogP contribution in [0, 0.1) is 5.92 Å². The van der Waals surface area contributed by atoms with Gasteiger partial charge in [-0.2, -0.15) is 0 Å². The van der Waals surface area contributed by atoms with Crippen molar-refractivity contribution < 1.29 is 9.59 Å². The van der Waals surface area contributed by atoms with E-state index in [1.54, 1.807) is 6.07 Å². The maximum absolute atomic E-state index is 13.0. The number of amides is 1. The number of pyridine rings is 2. The van der Waals surface area contributed by atoms with E-state index in [1.165, 1.54) is 25.0 Å². The molecule has 3 aromatic heterocycles. The number of rotatable bonds is 8. The Morgan fingerprint density at radius 3 is 2.33 bits per heavy atom. The van der Waals surface area contributed by atoms with E-state index >= 15 is 0 Å². The van der Waals surface area contributed by atoms with Crippen LogP contribution in [0.2, 0.25) is 0 Å². The van der Waals surface area contributed by atoms with Crippen molar-refractivity contribution in [3.05, 3.63) is 77.9 Å². The molecular weight excluding hydrogens is 564 g/mol. The molecule has 4 aromatic rings. The number of carbonyl (C=O) groups excluding carboxylic acids is 2. The van der Waals surface area contributed by atoms with Crippen LogP contribution in [-0.4, -0.2) is 96.4 Å². The summed E-state index contributed by atoms with van der Waals surface area (Å²) in [5.74, 6) is 1.11. The lowest BCUT2D eigenvalue weighted by Gasteiger charge is -2.40. The van der Waals surface area contributed by atoms with Crippen LogP contribution in [-0.2, 0) is 0 Å². The van der Waals surface area contributed by atoms with Gasteiger partial charge in [0.25, 0.3) is 5.91 Å². The molecule has 7 rings (SSSR count). The first-order valence-electron chi connectivity index (χ1n) is 16.3. The Labute approximate surface area is 264 Å². The van der Waals surface area contributed by atoms with Gasteiger partial charge in [-0.15, -0.1) is 0 Å². The number of anilines is 3. The maximum atomic E-state index is 13.0. The Morgan fingerprint density at radius 2 is 1.64 bits per heavy atom. The van der Waals surface area contributed by atoms with Crippen LogP contribution in [0.1, 0.15) is 58.3 Å². The van der Waals surface area contributed by atoms with Gasteiger partial charge in [-0.05, 0) is 87.7 Å². The number of carbonyl (C=O) groups is 2. The third kappa shape index (κ3) is 6.57. The van der Waals surface area contributed by atoms with Crippen molar-refractivity contribution in [1.82, 2.24) is 24.8 Å². The summed E-state index contributed by atoms with van der Waals surface area (Å²) >= 11 is 0. The van der Waals surface area contributed by atoms with Crippen molar-refractivity contribution >= 4 is 40.3 Å². The van der Waals surface area contributed by atoms with E-state index in [-0.39, 0.29) is 5.91 Å². The molecule has 0 saturated carbocycles. The highest BCUT2D eigenvalue weighted by Gasteiger charge is 2.26. The molecular formula is C35H42N8O2. The summed E-state index contributed by atoms with van der Waals surface area (Å²) in [6.07, 6.45) is 9.16. The van der Waals surface area contributed by atoms with Gasteiger partial charge in [-0.1, -0.05) is 0 Å². The second kappa shape index (κ2) is 13.0. The maximum Gasteiger partial charge on any atom is 0.256 e. The fraction of sp³-hybridized carbons (Fsp3) is 0.429. The number of piperazine rings is 1. The second-order valence-electron chi connectivity index (χ2n) is 12.8. The summed E-state index contributed by atoms with van der Waals surface area (Å²) in [5, 5.41) is 4.04. The second-order valence-corrected chi connectivity index (χ2v) is 12.8. The number of hydrogen-bond acceptors (Lipinski definition) is 8. The fourth-order valence-electron chi connectivity index (χ4n) is 7.19. The molecule has 10 heteroatoms. The number of hydrogen-bond donors (Lipinski definition) is 2. The van der Waals surface area contributed by atoms with Gasteiger partial charge in [-0.25, -0.2) is 4.98 Å². The molecule has 3 aliphatic rings. The van der Waals surface area contributed by atoms with Gasteiger partial charge in [0.2, 0.25) is 0 Å². The Kier molecular flexibility index (Phi) is 8.49. The summed E-state index contributed by atoms with van der Waals surface area (Å²) in [7, 11) is 2.17. The lowest BCUT2D eigenvalue weighted by Crippen LogP contribution is -2.49. The van der Waals surface area contributed by atoms with Gasteiger partial charge in [0, 0.05) is 86.4 Å². The van der Waals surface area contributed by atoms with Crippen LogP contribution < -0.4 is 15.1 Å². The number of benzene rings is 1. The van der Waals surface area contributed by atoms with E-state index in [1.807, 2.05) is 36.7 Å². The van der Waals surface area contributed by atoms with E-state index in [0.29, 0.717) is 29.0 Å². The predicted molar refractivity (Wildman–Crippen MR) is 178 cm³/mol. The van der Waals surface area contributed by atoms with Gasteiger partial charge in [0.1, 0.15) is 11.5 Å². The minimum Gasteiger partial charge on any atom is -0.370 e. The van der Waals surface area contributed by atoms with E-state index in [2.05, 4.69) is 65.1 Å². The molecule has 1 unspecified atom stereocenters. The van der Waals surface area contributed by atoms with Crippen LogP contribution in [0.15, 0.2) is 60.9 Å². The molecule has 1 aromatic carbocycles. The van der Waals surface area contributed by atoms with Crippen LogP contribution in [0.25, 0.3) is 10.9 Å². The van der Waals surface area contributed by atoms with Gasteiger partial charge in [0.15, 0.2) is 6.29 Å². The average Bonchev–Trinajstić information content (AvgIpc) is 3.71. The Bertz CT molecular complexity index is 1620. The summed E-state index contributed by atoms with van der Waals surface area (Å²) in [4.78, 5) is 46.0. The Balaban J connectivity index is 0.876. The first-order chi connectivity index (χ1) is 22.0. The van der Waals surface area contributed by atoms with Crippen molar-refractivity contribution in [2.24, 2.45) is 5.92 Å². The predicted octanol–water partition coefficient (Wildman–Crippen LogP) is 4.83. The van der Waals surface area contributed by atoms with Crippen LogP contribution in [0.4, 0.5) is 17.2 Å². The molecule has 0 radical (unpaired) electrons. The number of aromatic nitrogens is 3. The first kappa shape index (κ1) is 29.4. The van der Waals surface area contributed by atoms with Crippen molar-refractivity contribution in [1.29, 1.82) is 0 Å². The van der Waals surface area contributed by atoms with E-state index in [0.717, 1.165) is 87.3 Å². The highest BCUT2D eigenvalue weighted by molar-refractivity contribution is 6.04. The van der Waals surface area contributed by atoms with Crippen molar-refractivity contribution in [3.8, 4) is 0 Å². The zero-order valence-corrected chi connectivity index (χ0v) is 26.0. The number of likely N-dealkylation sites (tertiary alicyclic amines) is 1. The number of nitrogens with zero attached hydrogens (tertiary/aromatic N) is 6. The van der Waals surface area contributed by atoms with Crippen LogP contribution >= 0.6 is 0 Å². The van der Waals surface area contributed by atoms with E-state index in [4.69, 9.17) is 0 Å². The molecule has 6 heterocycles. The number of H-pyrrole nitrogens is 1. The minimum atomic E-state index is -0.152. The quantitative estimate of drug-likeness (QED) is 0.275. The summed E-state index contributed by atoms with van der Waals surface area (Å²) in [5.41, 5.74) is 5.58. The van der Waals surface area contributed by atoms with Crippen LogP contribution in [0.5, 0.6) is 0 Å². The molecule has 3 aliphatic heterocycles. The van der Waals surface area contributed by atoms with Gasteiger partial charge >= 0.3 is 0 Å². The summed E-state index contributed by atoms with van der Waals surface area (Å²) in [6.45, 7) is 8.39. The number of aldehydes is 1. The molecule has 234 valence electrons. The Hall–Kier alpha value is -4.28. The monoisotopic (exact) mass is 606 g/mol. The minimum absolute atomic E-state index is 0.152. The average molecular weight is 607 g/mol. The molecule has 0 aliphatic carbocycles. The third-order valence-electron chi connectivity index (χ3n) is 9.90. The fourth-order valence-corrected chi connectivity index (χ4v) is 7.19. The van der Waals surface area contributed by atoms with Gasteiger partial charge in [0.05, 0.1) is 17.4 Å². The zero-order chi connectivity index (χ0) is 30.8. The molecule has 3 saturated heterocycles. The summed E-state index contributed by atoms with van der Waals surface area (Å²) in [6, 6.07) is 16.3. The molecule has 10 nitrogen and oxygen atoms in total. The summed E-state index contributed by atoms with van der Waals surface area (Å²) < 4.78 is 0. The lowest BCUT2D eigenvalue weighted by molar-refractivity contribution is 0.102. The number of piperidine rings is 1. The van der Waals surface area contributed by atoms with Gasteiger partial charge < -0.3 is 20.1 Å². The SMILES string of the molecule is CN1CCCC1c1cc2cnc(NC(=O)c3ccc(N4CCN(CC5CCN(c6ccc(C=O)nc6)CC5)CC4)cc3)cc2[nH]1. The molecule has 3 fully saturated rings. The zero-order valence-electron chi connectivity index (χ0n) is 26.0. The van der Waals surface area contributed by atoms with Gasteiger partial charge in [-0.3, -0.25) is 24.4 Å². The molecule has 1 atom stereocenters. The van der Waals surface area contributed by atoms with E-state index in [9.17, 15) is 9.59 Å². The smallest absolute Gasteiger partial charge is 0.256 e. The number of fused-ring (bicyclic) bond motifs is 1. The van der Waals surface area contributed by atoms with Crippen molar-refractivity contribution in [2.75, 3.05) is 74.5 Å². The Morgan fingerprint density at radius 1 is 0.889 bits per heavy atom. The first-order valence-corrected chi connectivity index (χ1v) is 16.3. The van der Waals surface area contributed by atoms with Crippen LogP contribution in [0.3, 0.4) is 0 Å². The van der Waals surface area contributed by atoms with Crippen molar-refractivity contribution in [3.63, 3.8) is 0 Å². The molecule has 1 amide bonds. The number of aromatic amines is 1. The molecule has 2 N–H and O–H groups in total. The standard InChI is InChI=1S/C35H42N8O2/c1-40-12-2-3-33(40)32-19-27-21-37-34(20-31(27)38-32)39-35(45)26-4-7-29(8-5-26)43-17-15-41(16-18-43)23-25-10-13-42(14-11-25)30-9-6-28(24-44)36-22-30/h4-9,19-22,24-25,33,38H,2-3,10-18,23H2,1H3,(H,37,39,45). The highest BCUT2D eigenvalue weighted by Crippen LogP contribution is 2.32. The lowest BCUT2D eigenvalue weighted by atomic mass is 9.95. The number of nitrogens with one attached hydrogen (secondary N) is 2. The normalized spacial score (nSPS) is 20.2. The molecule has 0 spiro atoms.